The van der Waals surface area contributed by atoms with Crippen LogP contribution >= 0.6 is 11.6 Å². The van der Waals surface area contributed by atoms with Crippen molar-refractivity contribution in [2.75, 3.05) is 0 Å². The number of carbonyl (C=O) groups is 1. The van der Waals surface area contributed by atoms with Gasteiger partial charge in [0.15, 0.2) is 0 Å². The summed E-state index contributed by atoms with van der Waals surface area (Å²) in [5.41, 5.74) is -0.293. The molecule has 1 heterocycles. The molecule has 1 fully saturated rings. The molecule has 0 saturated heterocycles. The third-order valence-electron chi connectivity index (χ3n) is 3.69. The Labute approximate surface area is 123 Å². The Kier molecular flexibility index (Phi) is 5.17. The zero-order valence-corrected chi connectivity index (χ0v) is 12.4. The quantitative estimate of drug-likeness (QED) is 0.686. The second-order valence-electron chi connectivity index (χ2n) is 5.31. The van der Waals surface area contributed by atoms with Crippen LogP contribution in [0.2, 0.25) is 5.15 Å². The minimum Gasteiger partial charge on any atom is -0.352 e. The summed E-state index contributed by atoms with van der Waals surface area (Å²) in [6, 6.07) is 1.47. The Hall–Kier alpha value is -1.36. The van der Waals surface area contributed by atoms with Crippen LogP contribution in [0, 0.1) is 6.92 Å². The van der Waals surface area contributed by atoms with Gasteiger partial charge in [0, 0.05) is 12.1 Å². The third kappa shape index (κ3) is 4.07. The number of carbonyl (C=O) groups excluding carboxylic acids is 1. The van der Waals surface area contributed by atoms with Crippen LogP contribution in [0.5, 0.6) is 0 Å². The number of halogens is 1. The zero-order valence-electron chi connectivity index (χ0n) is 11.7. The minimum atomic E-state index is -0.293. The van der Waals surface area contributed by atoms with Crippen LogP contribution in [0.4, 0.5) is 0 Å². The maximum Gasteiger partial charge on any atom is 0.255 e. The van der Waals surface area contributed by atoms with Crippen LogP contribution in [-0.4, -0.2) is 21.5 Å². The van der Waals surface area contributed by atoms with Gasteiger partial charge in [-0.15, -0.1) is 0 Å². The van der Waals surface area contributed by atoms with Crippen molar-refractivity contribution in [2.45, 2.75) is 58.0 Å². The topological polar surface area (TPSA) is 64.0 Å². The first-order chi connectivity index (χ1) is 9.56. The smallest absolute Gasteiger partial charge is 0.255 e. The van der Waals surface area contributed by atoms with Crippen molar-refractivity contribution in [3.05, 3.63) is 27.4 Å². The molecular weight excluding hydrogens is 278 g/mol. The zero-order chi connectivity index (χ0) is 14.5. The number of nitrogens with zero attached hydrogens (tertiary/aromatic N) is 2. The molecule has 1 aliphatic rings. The Morgan fingerprint density at radius 2 is 2.05 bits per heavy atom. The summed E-state index contributed by atoms with van der Waals surface area (Å²) in [4.78, 5) is 27.9. The van der Waals surface area contributed by atoms with Crippen LogP contribution in [0.15, 0.2) is 10.9 Å². The van der Waals surface area contributed by atoms with E-state index in [0.717, 1.165) is 25.7 Å². The lowest BCUT2D eigenvalue weighted by molar-refractivity contribution is -0.122. The van der Waals surface area contributed by atoms with Crippen LogP contribution < -0.4 is 10.9 Å². The summed E-state index contributed by atoms with van der Waals surface area (Å²) in [7, 11) is 0. The lowest BCUT2D eigenvalue weighted by atomic mass is 10.1. The van der Waals surface area contributed by atoms with Gasteiger partial charge in [-0.05, 0) is 19.8 Å². The van der Waals surface area contributed by atoms with E-state index in [2.05, 4.69) is 10.3 Å². The number of aromatic nitrogens is 2. The highest BCUT2D eigenvalue weighted by Gasteiger charge is 2.16. The number of amides is 1. The number of aryl methyl sites for hydroxylation is 1. The van der Waals surface area contributed by atoms with E-state index in [-0.39, 0.29) is 29.2 Å². The molecule has 1 N–H and O–H groups in total. The summed E-state index contributed by atoms with van der Waals surface area (Å²) >= 11 is 5.71. The van der Waals surface area contributed by atoms with Crippen LogP contribution in [0.3, 0.4) is 0 Å². The van der Waals surface area contributed by atoms with Gasteiger partial charge >= 0.3 is 0 Å². The fourth-order valence-corrected chi connectivity index (χ4v) is 2.84. The first-order valence-corrected chi connectivity index (χ1v) is 7.47. The van der Waals surface area contributed by atoms with Crippen molar-refractivity contribution in [3.8, 4) is 0 Å². The van der Waals surface area contributed by atoms with E-state index in [1.54, 1.807) is 6.92 Å². The van der Waals surface area contributed by atoms with Gasteiger partial charge in [-0.1, -0.05) is 37.3 Å². The summed E-state index contributed by atoms with van der Waals surface area (Å²) in [5, 5.41) is 3.18. The van der Waals surface area contributed by atoms with Gasteiger partial charge in [-0.3, -0.25) is 14.2 Å². The molecule has 0 bridgehead atoms. The van der Waals surface area contributed by atoms with Gasteiger partial charge in [-0.25, -0.2) is 4.98 Å². The van der Waals surface area contributed by atoms with Gasteiger partial charge < -0.3 is 5.32 Å². The van der Waals surface area contributed by atoms with Crippen LogP contribution in [0.25, 0.3) is 0 Å². The predicted molar refractivity (Wildman–Crippen MR) is 77.9 cm³/mol. The van der Waals surface area contributed by atoms with Crippen molar-refractivity contribution < 1.29 is 4.79 Å². The lowest BCUT2D eigenvalue weighted by Crippen LogP contribution is -2.39. The van der Waals surface area contributed by atoms with Crippen molar-refractivity contribution >= 4 is 17.5 Å². The van der Waals surface area contributed by atoms with E-state index in [1.807, 2.05) is 0 Å². The summed E-state index contributed by atoms with van der Waals surface area (Å²) in [6.07, 6.45) is 6.86. The Morgan fingerprint density at radius 3 is 2.65 bits per heavy atom. The van der Waals surface area contributed by atoms with Gasteiger partial charge in [0.2, 0.25) is 5.91 Å². The van der Waals surface area contributed by atoms with E-state index in [9.17, 15) is 9.59 Å². The van der Waals surface area contributed by atoms with Crippen molar-refractivity contribution in [3.63, 3.8) is 0 Å². The molecule has 0 aromatic carbocycles. The first-order valence-electron chi connectivity index (χ1n) is 7.09. The number of rotatable bonds is 3. The second-order valence-corrected chi connectivity index (χ2v) is 5.69. The predicted octanol–water partition coefficient (Wildman–Crippen LogP) is 2.04. The highest BCUT2D eigenvalue weighted by Crippen LogP contribution is 2.17. The molecule has 1 aromatic rings. The summed E-state index contributed by atoms with van der Waals surface area (Å²) in [6.45, 7) is 1.68. The van der Waals surface area contributed by atoms with Crippen molar-refractivity contribution in [1.29, 1.82) is 0 Å². The maximum absolute atomic E-state index is 12.1. The molecule has 0 atom stereocenters. The molecule has 0 aliphatic heterocycles. The molecule has 110 valence electrons. The Bertz CT molecular complexity index is 534. The molecule has 2 rings (SSSR count). The average Bonchev–Trinajstić information content (AvgIpc) is 2.62. The molecule has 1 aliphatic carbocycles. The standard InChI is InChI=1S/C14H20ClN3O2/c1-10-16-12(15)8-14(20)18(10)9-13(19)17-11-6-4-2-3-5-7-11/h8,11H,2-7,9H2,1H3,(H,17,19). The van der Waals surface area contributed by atoms with Gasteiger partial charge in [0.25, 0.3) is 5.56 Å². The highest BCUT2D eigenvalue weighted by molar-refractivity contribution is 6.29. The first kappa shape index (κ1) is 15.0. The molecule has 0 spiro atoms. The molecule has 20 heavy (non-hydrogen) atoms. The fourth-order valence-electron chi connectivity index (χ4n) is 2.62. The third-order valence-corrected chi connectivity index (χ3v) is 3.88. The fraction of sp³-hybridized carbons (Fsp3) is 0.643. The molecular formula is C14H20ClN3O2. The summed E-state index contributed by atoms with van der Waals surface area (Å²) in [5.74, 6) is 0.324. The normalized spacial score (nSPS) is 16.7. The van der Waals surface area contributed by atoms with Crippen molar-refractivity contribution in [1.82, 2.24) is 14.9 Å². The van der Waals surface area contributed by atoms with Crippen molar-refractivity contribution in [2.24, 2.45) is 0 Å². The minimum absolute atomic E-state index is 0.00529. The Balaban J connectivity index is 1.99. The average molecular weight is 298 g/mol. The van der Waals surface area contributed by atoms with E-state index >= 15 is 0 Å². The largest absolute Gasteiger partial charge is 0.352 e. The molecule has 1 amide bonds. The molecule has 5 nitrogen and oxygen atoms in total. The van der Waals surface area contributed by atoms with E-state index in [4.69, 9.17) is 11.6 Å². The maximum atomic E-state index is 12.1. The highest BCUT2D eigenvalue weighted by atomic mass is 35.5. The molecule has 0 unspecified atom stereocenters. The van der Waals surface area contributed by atoms with E-state index in [1.165, 1.54) is 23.5 Å². The molecule has 1 saturated carbocycles. The Morgan fingerprint density at radius 1 is 1.40 bits per heavy atom. The molecule has 1 aromatic heterocycles. The van der Waals surface area contributed by atoms with Crippen LogP contribution in [-0.2, 0) is 11.3 Å². The van der Waals surface area contributed by atoms with Gasteiger partial charge in [0.1, 0.15) is 17.5 Å². The SMILES string of the molecule is Cc1nc(Cl)cc(=O)n1CC(=O)NC1CCCCCC1. The van der Waals surface area contributed by atoms with E-state index < -0.39 is 0 Å². The number of nitrogens with one attached hydrogen (secondary N) is 1. The number of hydrogen-bond donors (Lipinski definition) is 1. The lowest BCUT2D eigenvalue weighted by Gasteiger charge is -2.17. The van der Waals surface area contributed by atoms with Gasteiger partial charge in [0.05, 0.1) is 0 Å². The monoisotopic (exact) mass is 297 g/mol. The summed E-state index contributed by atoms with van der Waals surface area (Å²) < 4.78 is 1.35. The van der Waals surface area contributed by atoms with E-state index in [0.29, 0.717) is 5.82 Å². The molecule has 6 heteroatoms. The number of hydrogen-bond acceptors (Lipinski definition) is 3. The van der Waals surface area contributed by atoms with Gasteiger partial charge in [-0.2, -0.15) is 0 Å². The molecule has 0 radical (unpaired) electrons. The van der Waals surface area contributed by atoms with Crippen LogP contribution in [0.1, 0.15) is 44.3 Å². The second kappa shape index (κ2) is 6.88.